The molecule has 0 aliphatic carbocycles. The molecule has 0 atom stereocenters. The van der Waals surface area contributed by atoms with Crippen LogP contribution in [0.25, 0.3) is 16.2 Å². The lowest BCUT2D eigenvalue weighted by atomic mass is 9.95. The fraction of sp³-hybridized carbons (Fsp3) is 0.353. The monoisotopic (exact) mass is 370 g/mol. The third-order valence-electron chi connectivity index (χ3n) is 4.78. The molecule has 1 spiro atoms. The van der Waals surface area contributed by atoms with Crippen LogP contribution in [0.3, 0.4) is 0 Å². The van der Waals surface area contributed by atoms with Gasteiger partial charge in [0.05, 0.1) is 38.6 Å². The van der Waals surface area contributed by atoms with E-state index < -0.39 is 0 Å². The molecule has 1 saturated heterocycles. The van der Waals surface area contributed by atoms with Gasteiger partial charge in [-0.25, -0.2) is 14.5 Å². The van der Waals surface area contributed by atoms with Gasteiger partial charge in [0.2, 0.25) is 10.1 Å². The quantitative estimate of drug-likeness (QED) is 0.754. The van der Waals surface area contributed by atoms with Gasteiger partial charge in [-0.2, -0.15) is 0 Å². The summed E-state index contributed by atoms with van der Waals surface area (Å²) in [5.74, 6) is 0.816. The Bertz CT molecular complexity index is 1030. The Labute approximate surface area is 153 Å². The van der Waals surface area contributed by atoms with E-state index in [0.717, 1.165) is 45.8 Å². The Kier molecular flexibility index (Phi) is 3.17. The molecule has 4 heterocycles. The molecule has 0 bridgehead atoms. The Morgan fingerprint density at radius 1 is 1.35 bits per heavy atom. The largest absolute Gasteiger partial charge is 0.496 e. The predicted molar refractivity (Wildman–Crippen MR) is 100 cm³/mol. The number of nitrogens with zero attached hydrogens (tertiary/aromatic N) is 5. The molecule has 0 unspecified atom stereocenters. The normalized spacial score (nSPS) is 18.1. The number of amidine groups is 1. The van der Waals surface area contributed by atoms with Crippen molar-refractivity contribution in [2.45, 2.75) is 12.5 Å². The first kappa shape index (κ1) is 15.4. The number of ether oxygens (including phenoxy) is 2. The van der Waals surface area contributed by atoms with Crippen LogP contribution in [0.2, 0.25) is 0 Å². The number of imidazole rings is 1. The molecule has 2 aliphatic rings. The highest BCUT2D eigenvalue weighted by molar-refractivity contribution is 7.20. The number of aromatic nitrogens is 3. The van der Waals surface area contributed by atoms with Crippen molar-refractivity contribution in [3.63, 3.8) is 0 Å². The smallest absolute Gasteiger partial charge is 0.282 e. The molecule has 3 aromatic rings. The van der Waals surface area contributed by atoms with Crippen LogP contribution in [0, 0.1) is 6.92 Å². The van der Waals surface area contributed by atoms with Crippen LogP contribution in [-0.2, 0) is 4.74 Å². The summed E-state index contributed by atoms with van der Waals surface area (Å²) in [6.45, 7) is 4.12. The van der Waals surface area contributed by atoms with Gasteiger partial charge in [-0.1, -0.05) is 17.4 Å². The maximum Gasteiger partial charge on any atom is 0.282 e. The SMILES string of the molecule is COc1cc(C)ccc1-c1cnc2sc(N3CC4(CN=C(N)O4)C3)nn12. The summed E-state index contributed by atoms with van der Waals surface area (Å²) in [7, 11) is 1.68. The Morgan fingerprint density at radius 3 is 2.92 bits per heavy atom. The number of hydrogen-bond acceptors (Lipinski definition) is 8. The van der Waals surface area contributed by atoms with Crippen LogP contribution in [0.15, 0.2) is 29.4 Å². The molecule has 1 fully saturated rings. The maximum absolute atomic E-state index is 5.65. The first-order chi connectivity index (χ1) is 12.6. The van der Waals surface area contributed by atoms with Crippen molar-refractivity contribution in [3.8, 4) is 17.0 Å². The van der Waals surface area contributed by atoms with Crippen LogP contribution in [-0.4, -0.2) is 53.0 Å². The number of aryl methyl sites for hydroxylation is 1. The molecular formula is C17H18N6O2S. The second-order valence-corrected chi connectivity index (χ2v) is 7.66. The Morgan fingerprint density at radius 2 is 2.19 bits per heavy atom. The van der Waals surface area contributed by atoms with Crippen molar-refractivity contribution in [1.29, 1.82) is 0 Å². The van der Waals surface area contributed by atoms with Crippen LogP contribution in [0.5, 0.6) is 5.75 Å². The lowest BCUT2D eigenvalue weighted by Gasteiger charge is -2.45. The molecule has 2 aromatic heterocycles. The molecule has 0 saturated carbocycles. The summed E-state index contributed by atoms with van der Waals surface area (Å²) in [5, 5.41) is 5.68. The van der Waals surface area contributed by atoms with E-state index in [0.29, 0.717) is 6.54 Å². The summed E-state index contributed by atoms with van der Waals surface area (Å²) in [5.41, 5.74) is 8.40. The van der Waals surface area contributed by atoms with E-state index in [4.69, 9.17) is 20.3 Å². The van der Waals surface area contributed by atoms with Gasteiger partial charge in [0.25, 0.3) is 6.02 Å². The second-order valence-electron chi connectivity index (χ2n) is 6.72. The molecule has 2 N–H and O–H groups in total. The molecule has 134 valence electrons. The number of anilines is 1. The zero-order valence-electron chi connectivity index (χ0n) is 14.5. The summed E-state index contributed by atoms with van der Waals surface area (Å²) >= 11 is 1.56. The molecule has 2 aliphatic heterocycles. The van der Waals surface area contributed by atoms with Gasteiger partial charge < -0.3 is 20.1 Å². The van der Waals surface area contributed by atoms with Gasteiger partial charge in [0.1, 0.15) is 5.75 Å². The lowest BCUT2D eigenvalue weighted by molar-refractivity contribution is 0.0545. The lowest BCUT2D eigenvalue weighted by Crippen LogP contribution is -2.64. The van der Waals surface area contributed by atoms with Gasteiger partial charge in [-0.15, -0.1) is 5.10 Å². The zero-order chi connectivity index (χ0) is 17.9. The van der Waals surface area contributed by atoms with Gasteiger partial charge in [0.15, 0.2) is 5.60 Å². The summed E-state index contributed by atoms with van der Waals surface area (Å²) in [4.78, 5) is 11.7. The topological polar surface area (TPSA) is 90.3 Å². The van der Waals surface area contributed by atoms with E-state index in [1.165, 1.54) is 0 Å². The third kappa shape index (κ3) is 2.23. The minimum absolute atomic E-state index is 0.277. The molecule has 1 aromatic carbocycles. The first-order valence-corrected chi connectivity index (χ1v) is 9.12. The first-order valence-electron chi connectivity index (χ1n) is 8.30. The molecule has 8 nitrogen and oxygen atoms in total. The number of rotatable bonds is 3. The fourth-order valence-electron chi connectivity index (χ4n) is 3.46. The maximum atomic E-state index is 5.65. The molecule has 9 heteroatoms. The van der Waals surface area contributed by atoms with Crippen LogP contribution < -0.4 is 15.4 Å². The van der Waals surface area contributed by atoms with E-state index in [-0.39, 0.29) is 11.6 Å². The Hall–Kier alpha value is -2.81. The average Bonchev–Trinajstić information content (AvgIpc) is 3.27. The van der Waals surface area contributed by atoms with Crippen LogP contribution in [0.1, 0.15) is 5.56 Å². The second kappa shape index (κ2) is 5.34. The number of nitrogens with two attached hydrogens (primary N) is 1. The third-order valence-corrected chi connectivity index (χ3v) is 5.76. The molecule has 5 rings (SSSR count). The van der Waals surface area contributed by atoms with Gasteiger partial charge in [-0.05, 0) is 24.6 Å². The van der Waals surface area contributed by atoms with Crippen molar-refractivity contribution in [2.24, 2.45) is 10.7 Å². The van der Waals surface area contributed by atoms with E-state index in [2.05, 4.69) is 20.9 Å². The van der Waals surface area contributed by atoms with Gasteiger partial charge in [0, 0.05) is 5.56 Å². The minimum Gasteiger partial charge on any atom is -0.496 e. The number of methoxy groups -OCH3 is 1. The number of aliphatic imine (C=N–C) groups is 1. The van der Waals surface area contributed by atoms with Crippen molar-refractivity contribution >= 4 is 27.5 Å². The summed E-state index contributed by atoms with van der Waals surface area (Å²) < 4.78 is 13.1. The number of benzene rings is 1. The van der Waals surface area contributed by atoms with Crippen LogP contribution >= 0.6 is 11.3 Å². The molecular weight excluding hydrogens is 352 g/mol. The number of hydrogen-bond donors (Lipinski definition) is 1. The highest BCUT2D eigenvalue weighted by atomic mass is 32.1. The molecule has 0 amide bonds. The van der Waals surface area contributed by atoms with Crippen molar-refractivity contribution in [1.82, 2.24) is 14.6 Å². The summed E-state index contributed by atoms with van der Waals surface area (Å²) in [6, 6.07) is 6.41. The highest BCUT2D eigenvalue weighted by Crippen LogP contribution is 2.37. The van der Waals surface area contributed by atoms with E-state index >= 15 is 0 Å². The van der Waals surface area contributed by atoms with Gasteiger partial charge >= 0.3 is 0 Å². The van der Waals surface area contributed by atoms with Gasteiger partial charge in [-0.3, -0.25) is 0 Å². The van der Waals surface area contributed by atoms with E-state index in [9.17, 15) is 0 Å². The zero-order valence-corrected chi connectivity index (χ0v) is 15.3. The standard InChI is InChI=1S/C17H18N6O2S/c1-10-3-4-11(13(5-10)24-2)12-6-19-15-23(12)21-16(26-15)22-8-17(9-22)7-20-14(18)25-17/h3-6H,7-9H2,1-2H3,(H2,18,20). The molecule has 0 radical (unpaired) electrons. The fourth-order valence-corrected chi connectivity index (χ4v) is 4.34. The minimum atomic E-state index is -0.277. The Balaban J connectivity index is 1.46. The van der Waals surface area contributed by atoms with E-state index in [1.807, 2.05) is 29.8 Å². The van der Waals surface area contributed by atoms with Crippen LogP contribution in [0.4, 0.5) is 5.13 Å². The van der Waals surface area contributed by atoms with Crippen molar-refractivity contribution in [3.05, 3.63) is 30.0 Å². The molecule has 26 heavy (non-hydrogen) atoms. The number of fused-ring (bicyclic) bond motifs is 1. The highest BCUT2D eigenvalue weighted by Gasteiger charge is 2.49. The van der Waals surface area contributed by atoms with Crippen molar-refractivity contribution in [2.75, 3.05) is 31.6 Å². The average molecular weight is 370 g/mol. The predicted octanol–water partition coefficient (Wildman–Crippen LogP) is 1.68. The van der Waals surface area contributed by atoms with E-state index in [1.54, 1.807) is 18.4 Å². The van der Waals surface area contributed by atoms with Crippen molar-refractivity contribution < 1.29 is 9.47 Å². The summed E-state index contributed by atoms with van der Waals surface area (Å²) in [6.07, 6.45) is 1.84.